The Morgan fingerprint density at radius 1 is 1.12 bits per heavy atom. The average molecular weight is 244 g/mol. The van der Waals surface area contributed by atoms with Crippen LogP contribution in [0, 0.1) is 20.8 Å². The number of thiol groups is 1. The zero-order valence-electron chi connectivity index (χ0n) is 10.4. The molecule has 0 fully saturated rings. The monoisotopic (exact) mass is 244 g/mol. The molecule has 2 aromatic rings. The van der Waals surface area contributed by atoms with Gasteiger partial charge in [-0.15, -0.1) is 0 Å². The molecule has 2 rings (SSSR count). The molecule has 0 radical (unpaired) electrons. The van der Waals surface area contributed by atoms with Gasteiger partial charge in [0, 0.05) is 11.8 Å². The van der Waals surface area contributed by atoms with Crippen molar-refractivity contribution in [2.24, 2.45) is 0 Å². The normalized spacial score (nSPS) is 10.6. The van der Waals surface area contributed by atoms with E-state index in [0.29, 0.717) is 5.75 Å². The van der Waals surface area contributed by atoms with Gasteiger partial charge in [-0.2, -0.15) is 12.6 Å². The van der Waals surface area contributed by atoms with Crippen LogP contribution in [0.1, 0.15) is 22.5 Å². The summed E-state index contributed by atoms with van der Waals surface area (Å²) in [6.45, 7) is 6.36. The lowest BCUT2D eigenvalue weighted by atomic mass is 9.97. The van der Waals surface area contributed by atoms with Gasteiger partial charge in [-0.05, 0) is 38.0 Å². The van der Waals surface area contributed by atoms with E-state index in [4.69, 9.17) is 0 Å². The van der Waals surface area contributed by atoms with Crippen LogP contribution in [0.3, 0.4) is 0 Å². The third-order valence-electron chi connectivity index (χ3n) is 2.78. The maximum atomic E-state index is 4.53. The first-order chi connectivity index (χ1) is 8.11. The summed E-state index contributed by atoms with van der Waals surface area (Å²) in [6.07, 6.45) is 1.80. The molecule has 1 heterocycles. The van der Waals surface area contributed by atoms with Gasteiger partial charge in [-0.1, -0.05) is 17.7 Å². The molecule has 0 amide bonds. The van der Waals surface area contributed by atoms with Crippen molar-refractivity contribution >= 4 is 12.6 Å². The number of benzene rings is 1. The fourth-order valence-corrected chi connectivity index (χ4v) is 2.35. The van der Waals surface area contributed by atoms with Crippen LogP contribution in [0.5, 0.6) is 0 Å². The standard InChI is InChI=1S/C14H16N2S/c1-9-6-10(2)14(11(3)7-9)12-4-5-15-13(8-17)16-12/h4-7,17H,8H2,1-3H3. The zero-order chi connectivity index (χ0) is 12.4. The molecule has 1 aromatic carbocycles. The third kappa shape index (κ3) is 2.50. The molecule has 0 aliphatic rings. The van der Waals surface area contributed by atoms with Crippen molar-refractivity contribution in [3.05, 3.63) is 46.9 Å². The number of hydrogen-bond donors (Lipinski definition) is 1. The van der Waals surface area contributed by atoms with E-state index in [1.165, 1.54) is 22.3 Å². The number of hydrogen-bond acceptors (Lipinski definition) is 3. The topological polar surface area (TPSA) is 25.8 Å². The predicted molar refractivity (Wildman–Crippen MR) is 74.4 cm³/mol. The highest BCUT2D eigenvalue weighted by Gasteiger charge is 2.08. The minimum absolute atomic E-state index is 0.567. The van der Waals surface area contributed by atoms with Crippen LogP contribution in [0.2, 0.25) is 0 Å². The van der Waals surface area contributed by atoms with E-state index < -0.39 is 0 Å². The largest absolute Gasteiger partial charge is 0.240 e. The quantitative estimate of drug-likeness (QED) is 0.818. The van der Waals surface area contributed by atoms with Crippen molar-refractivity contribution in [3.8, 4) is 11.3 Å². The van der Waals surface area contributed by atoms with E-state index in [2.05, 4.69) is 55.5 Å². The zero-order valence-corrected chi connectivity index (χ0v) is 11.3. The van der Waals surface area contributed by atoms with Gasteiger partial charge in [-0.25, -0.2) is 9.97 Å². The minimum atomic E-state index is 0.567. The molecule has 0 unspecified atom stereocenters. The average Bonchev–Trinajstić information content (AvgIpc) is 2.28. The molecule has 0 N–H and O–H groups in total. The van der Waals surface area contributed by atoms with Crippen LogP contribution < -0.4 is 0 Å². The maximum Gasteiger partial charge on any atom is 0.138 e. The molecule has 88 valence electrons. The lowest BCUT2D eigenvalue weighted by Gasteiger charge is -2.11. The van der Waals surface area contributed by atoms with Crippen molar-refractivity contribution in [2.75, 3.05) is 0 Å². The van der Waals surface area contributed by atoms with Crippen molar-refractivity contribution < 1.29 is 0 Å². The van der Waals surface area contributed by atoms with Crippen molar-refractivity contribution in [1.82, 2.24) is 9.97 Å². The molecule has 0 saturated heterocycles. The number of aromatic nitrogens is 2. The Morgan fingerprint density at radius 2 is 1.76 bits per heavy atom. The summed E-state index contributed by atoms with van der Waals surface area (Å²) in [5, 5.41) is 0. The van der Waals surface area contributed by atoms with Crippen LogP contribution in [0.25, 0.3) is 11.3 Å². The van der Waals surface area contributed by atoms with Crippen molar-refractivity contribution in [1.29, 1.82) is 0 Å². The summed E-state index contributed by atoms with van der Waals surface area (Å²) in [7, 11) is 0. The second kappa shape index (κ2) is 4.88. The molecule has 0 spiro atoms. The summed E-state index contributed by atoms with van der Waals surface area (Å²) in [4.78, 5) is 8.70. The van der Waals surface area contributed by atoms with Gasteiger partial charge in [0.05, 0.1) is 11.4 Å². The Hall–Kier alpha value is -1.35. The molecule has 0 aliphatic carbocycles. The van der Waals surface area contributed by atoms with E-state index in [0.717, 1.165) is 11.5 Å². The number of rotatable bonds is 2. The molecule has 0 bridgehead atoms. The molecule has 17 heavy (non-hydrogen) atoms. The van der Waals surface area contributed by atoms with Crippen LogP contribution in [-0.4, -0.2) is 9.97 Å². The summed E-state index contributed by atoms with van der Waals surface area (Å²) in [5.41, 5.74) is 5.99. The van der Waals surface area contributed by atoms with Crippen molar-refractivity contribution in [3.63, 3.8) is 0 Å². The first-order valence-electron chi connectivity index (χ1n) is 5.63. The molecule has 1 aromatic heterocycles. The van der Waals surface area contributed by atoms with Gasteiger partial charge in [0.15, 0.2) is 0 Å². The molecule has 2 nitrogen and oxygen atoms in total. The van der Waals surface area contributed by atoms with E-state index >= 15 is 0 Å². The van der Waals surface area contributed by atoms with E-state index in [1.54, 1.807) is 6.20 Å². The molecule has 3 heteroatoms. The fraction of sp³-hybridized carbons (Fsp3) is 0.286. The first-order valence-corrected chi connectivity index (χ1v) is 6.26. The Balaban J connectivity index is 2.60. The summed E-state index contributed by atoms with van der Waals surface area (Å²) in [5.74, 6) is 1.34. The van der Waals surface area contributed by atoms with Gasteiger partial charge in [-0.3, -0.25) is 0 Å². The Bertz CT molecular complexity index is 527. The number of aryl methyl sites for hydroxylation is 3. The van der Waals surface area contributed by atoms with Crippen LogP contribution in [0.15, 0.2) is 24.4 Å². The first kappa shape index (κ1) is 12.1. The molecular weight excluding hydrogens is 228 g/mol. The SMILES string of the molecule is Cc1cc(C)c(-c2ccnc(CS)n2)c(C)c1. The molecule has 0 aliphatic heterocycles. The molecule has 0 atom stereocenters. The van der Waals surface area contributed by atoms with Crippen molar-refractivity contribution in [2.45, 2.75) is 26.5 Å². The van der Waals surface area contributed by atoms with Gasteiger partial charge in [0.25, 0.3) is 0 Å². The lowest BCUT2D eigenvalue weighted by molar-refractivity contribution is 1.04. The second-order valence-corrected chi connectivity index (χ2v) is 4.61. The highest BCUT2D eigenvalue weighted by atomic mass is 32.1. The van der Waals surface area contributed by atoms with Gasteiger partial charge < -0.3 is 0 Å². The van der Waals surface area contributed by atoms with E-state index in [1.807, 2.05) is 6.07 Å². The highest BCUT2D eigenvalue weighted by molar-refractivity contribution is 7.79. The van der Waals surface area contributed by atoms with E-state index in [-0.39, 0.29) is 0 Å². The summed E-state index contributed by atoms with van der Waals surface area (Å²) < 4.78 is 0. The number of nitrogens with zero attached hydrogens (tertiary/aromatic N) is 2. The minimum Gasteiger partial charge on any atom is -0.240 e. The Labute approximate surface area is 108 Å². The summed E-state index contributed by atoms with van der Waals surface area (Å²) >= 11 is 4.21. The van der Waals surface area contributed by atoms with Crippen LogP contribution in [0.4, 0.5) is 0 Å². The molecular formula is C14H16N2S. The Morgan fingerprint density at radius 3 is 2.35 bits per heavy atom. The fourth-order valence-electron chi connectivity index (χ4n) is 2.20. The predicted octanol–water partition coefficient (Wildman–Crippen LogP) is 3.50. The second-order valence-electron chi connectivity index (χ2n) is 4.29. The Kier molecular flexibility index (Phi) is 3.48. The van der Waals surface area contributed by atoms with Crippen LogP contribution in [-0.2, 0) is 5.75 Å². The summed E-state index contributed by atoms with van der Waals surface area (Å²) in [6, 6.07) is 6.33. The van der Waals surface area contributed by atoms with Crippen LogP contribution >= 0.6 is 12.6 Å². The van der Waals surface area contributed by atoms with E-state index in [9.17, 15) is 0 Å². The highest BCUT2D eigenvalue weighted by Crippen LogP contribution is 2.26. The smallest absolute Gasteiger partial charge is 0.138 e. The lowest BCUT2D eigenvalue weighted by Crippen LogP contribution is -1.96. The van der Waals surface area contributed by atoms with Gasteiger partial charge in [0.2, 0.25) is 0 Å². The van der Waals surface area contributed by atoms with Gasteiger partial charge in [0.1, 0.15) is 5.82 Å². The maximum absolute atomic E-state index is 4.53. The third-order valence-corrected chi connectivity index (χ3v) is 3.06. The molecule has 0 saturated carbocycles. The van der Waals surface area contributed by atoms with Gasteiger partial charge >= 0.3 is 0 Å².